The van der Waals surface area contributed by atoms with E-state index in [1.54, 1.807) is 18.3 Å². The minimum absolute atomic E-state index is 0.0791. The number of hydrogen-bond donors (Lipinski definition) is 1. The average Bonchev–Trinajstić information content (AvgIpc) is 3.00. The molecule has 0 radical (unpaired) electrons. The van der Waals surface area contributed by atoms with Gasteiger partial charge in [0.2, 0.25) is 0 Å². The Hall–Kier alpha value is -2.03. The van der Waals surface area contributed by atoms with Gasteiger partial charge in [-0.1, -0.05) is 11.6 Å². The summed E-state index contributed by atoms with van der Waals surface area (Å²) in [5.41, 5.74) is 1.46. The lowest BCUT2D eigenvalue weighted by molar-refractivity contribution is 0.0875. The van der Waals surface area contributed by atoms with Crippen LogP contribution in [-0.4, -0.2) is 27.7 Å². The van der Waals surface area contributed by atoms with E-state index in [0.717, 1.165) is 25.1 Å². The van der Waals surface area contributed by atoms with Crippen LogP contribution in [0.3, 0.4) is 0 Å². The molecule has 0 bridgehead atoms. The second kappa shape index (κ2) is 6.61. The summed E-state index contributed by atoms with van der Waals surface area (Å²) in [6.07, 6.45) is 4.83. The maximum absolute atomic E-state index is 10.7. The van der Waals surface area contributed by atoms with E-state index in [1.807, 2.05) is 23.9 Å². The lowest BCUT2D eigenvalue weighted by Crippen LogP contribution is -2.38. The fourth-order valence-electron chi connectivity index (χ4n) is 3.22. The highest BCUT2D eigenvalue weighted by molar-refractivity contribution is 6.30. The Bertz CT molecular complexity index is 736. The Balaban J connectivity index is 1.83. The smallest absolute Gasteiger partial charge is 0.137 e. The van der Waals surface area contributed by atoms with Crippen LogP contribution in [0.1, 0.15) is 30.3 Å². The van der Waals surface area contributed by atoms with E-state index in [1.165, 1.54) is 0 Å². The van der Waals surface area contributed by atoms with Crippen molar-refractivity contribution >= 4 is 17.3 Å². The van der Waals surface area contributed by atoms with Crippen LogP contribution in [0, 0.1) is 17.2 Å². The van der Waals surface area contributed by atoms with Crippen molar-refractivity contribution in [2.45, 2.75) is 18.9 Å². The molecule has 1 saturated heterocycles. The van der Waals surface area contributed by atoms with Gasteiger partial charge in [-0.3, -0.25) is 0 Å². The maximum Gasteiger partial charge on any atom is 0.137 e. The zero-order valence-corrected chi connectivity index (χ0v) is 13.7. The first-order valence-electron chi connectivity index (χ1n) is 7.70. The van der Waals surface area contributed by atoms with Gasteiger partial charge in [0.15, 0.2) is 0 Å². The molecule has 2 heterocycles. The zero-order chi connectivity index (χ0) is 16.4. The summed E-state index contributed by atoms with van der Waals surface area (Å²) in [7, 11) is 1.89. The van der Waals surface area contributed by atoms with Gasteiger partial charge in [-0.15, -0.1) is 0 Å². The fraction of sp³-hybridized carbons (Fsp3) is 0.412. The third-order valence-electron chi connectivity index (χ3n) is 4.45. The highest BCUT2D eigenvalue weighted by Crippen LogP contribution is 2.33. The van der Waals surface area contributed by atoms with Crippen LogP contribution in [0.4, 0.5) is 5.69 Å². The summed E-state index contributed by atoms with van der Waals surface area (Å²) in [6, 6.07) is 7.53. The number of aromatic nitrogens is 2. The van der Waals surface area contributed by atoms with Crippen molar-refractivity contribution in [3.05, 3.63) is 47.0 Å². The van der Waals surface area contributed by atoms with Gasteiger partial charge >= 0.3 is 0 Å². The number of aliphatic hydroxyl groups is 1. The van der Waals surface area contributed by atoms with E-state index in [0.29, 0.717) is 23.0 Å². The minimum Gasteiger partial charge on any atom is -0.385 e. The Morgan fingerprint density at radius 1 is 1.48 bits per heavy atom. The minimum atomic E-state index is -0.609. The molecule has 0 aliphatic carbocycles. The van der Waals surface area contributed by atoms with Gasteiger partial charge in [-0.25, -0.2) is 4.98 Å². The standard InChI is InChI=1S/C17H19ClN4O/c1-21-8-6-20-17(21)16(23)13-3-2-7-22(11-13)15-9-14(18)5-4-12(15)10-19/h4-6,8-9,13,16,23H,2-3,7,11H2,1H3. The van der Waals surface area contributed by atoms with Gasteiger partial charge in [0, 0.05) is 43.5 Å². The van der Waals surface area contributed by atoms with E-state index in [4.69, 9.17) is 11.6 Å². The summed E-state index contributed by atoms with van der Waals surface area (Å²) in [5, 5.41) is 20.6. The molecule has 2 aromatic rings. The van der Waals surface area contributed by atoms with Crippen LogP contribution in [0.5, 0.6) is 0 Å². The van der Waals surface area contributed by atoms with Crippen molar-refractivity contribution in [3.8, 4) is 6.07 Å². The zero-order valence-electron chi connectivity index (χ0n) is 13.0. The average molecular weight is 331 g/mol. The first-order chi connectivity index (χ1) is 11.1. The van der Waals surface area contributed by atoms with E-state index in [9.17, 15) is 10.4 Å². The van der Waals surface area contributed by atoms with Gasteiger partial charge in [-0.05, 0) is 31.0 Å². The second-order valence-corrected chi connectivity index (χ2v) is 6.40. The lowest BCUT2D eigenvalue weighted by Gasteiger charge is -2.36. The summed E-state index contributed by atoms with van der Waals surface area (Å²) in [6.45, 7) is 1.54. The molecule has 1 aliphatic heterocycles. The molecule has 2 unspecified atom stereocenters. The fourth-order valence-corrected chi connectivity index (χ4v) is 3.39. The van der Waals surface area contributed by atoms with Crippen molar-refractivity contribution in [2.75, 3.05) is 18.0 Å². The Labute approximate surface area is 140 Å². The van der Waals surface area contributed by atoms with Gasteiger partial charge in [0.25, 0.3) is 0 Å². The molecule has 1 fully saturated rings. The van der Waals surface area contributed by atoms with Crippen molar-refractivity contribution < 1.29 is 5.11 Å². The number of hydrogen-bond acceptors (Lipinski definition) is 4. The molecule has 1 aliphatic rings. The number of rotatable bonds is 3. The molecule has 0 saturated carbocycles. The number of imidazole rings is 1. The Morgan fingerprint density at radius 3 is 3.00 bits per heavy atom. The highest BCUT2D eigenvalue weighted by atomic mass is 35.5. The van der Waals surface area contributed by atoms with E-state index >= 15 is 0 Å². The molecule has 23 heavy (non-hydrogen) atoms. The largest absolute Gasteiger partial charge is 0.385 e. The predicted octanol–water partition coefficient (Wildman–Crippen LogP) is 2.90. The topological polar surface area (TPSA) is 65.1 Å². The van der Waals surface area contributed by atoms with E-state index in [2.05, 4.69) is 16.0 Å². The Kier molecular flexibility index (Phi) is 4.56. The molecule has 5 nitrogen and oxygen atoms in total. The number of aliphatic hydroxyl groups excluding tert-OH is 1. The van der Waals surface area contributed by atoms with Crippen molar-refractivity contribution in [3.63, 3.8) is 0 Å². The first-order valence-corrected chi connectivity index (χ1v) is 8.08. The number of nitriles is 1. The SMILES string of the molecule is Cn1ccnc1C(O)C1CCCN(c2cc(Cl)ccc2C#N)C1. The molecule has 6 heteroatoms. The summed E-state index contributed by atoms with van der Waals surface area (Å²) in [4.78, 5) is 6.40. The van der Waals surface area contributed by atoms with Crippen LogP contribution in [0.15, 0.2) is 30.6 Å². The quantitative estimate of drug-likeness (QED) is 0.939. The predicted molar refractivity (Wildman–Crippen MR) is 89.3 cm³/mol. The van der Waals surface area contributed by atoms with Gasteiger partial charge in [0.1, 0.15) is 18.0 Å². The van der Waals surface area contributed by atoms with Crippen molar-refractivity contribution in [2.24, 2.45) is 13.0 Å². The molecular formula is C17H19ClN4O. The van der Waals surface area contributed by atoms with Crippen LogP contribution >= 0.6 is 11.6 Å². The van der Waals surface area contributed by atoms with Gasteiger partial charge in [-0.2, -0.15) is 5.26 Å². The molecule has 120 valence electrons. The third-order valence-corrected chi connectivity index (χ3v) is 4.68. The van der Waals surface area contributed by atoms with Crippen LogP contribution in [-0.2, 0) is 7.05 Å². The van der Waals surface area contributed by atoms with Crippen LogP contribution < -0.4 is 4.90 Å². The second-order valence-electron chi connectivity index (χ2n) is 5.96. The summed E-state index contributed by atoms with van der Waals surface area (Å²) in [5.74, 6) is 0.763. The van der Waals surface area contributed by atoms with Gasteiger partial charge < -0.3 is 14.6 Å². The molecule has 1 N–H and O–H groups in total. The normalized spacial score (nSPS) is 19.4. The number of halogens is 1. The number of nitrogens with zero attached hydrogens (tertiary/aromatic N) is 4. The van der Waals surface area contributed by atoms with Crippen molar-refractivity contribution in [1.82, 2.24) is 9.55 Å². The monoisotopic (exact) mass is 330 g/mol. The molecular weight excluding hydrogens is 312 g/mol. The van der Waals surface area contributed by atoms with E-state index < -0.39 is 6.10 Å². The molecule has 2 atom stereocenters. The molecule has 1 aromatic carbocycles. The number of aryl methyl sites for hydroxylation is 1. The summed E-state index contributed by atoms with van der Waals surface area (Å²) < 4.78 is 1.85. The third kappa shape index (κ3) is 3.19. The number of benzene rings is 1. The van der Waals surface area contributed by atoms with Gasteiger partial charge in [0.05, 0.1) is 11.3 Å². The maximum atomic E-state index is 10.7. The lowest BCUT2D eigenvalue weighted by atomic mass is 9.91. The number of anilines is 1. The highest BCUT2D eigenvalue weighted by Gasteiger charge is 2.30. The number of piperidine rings is 1. The Morgan fingerprint density at radius 2 is 2.30 bits per heavy atom. The molecule has 1 aromatic heterocycles. The van der Waals surface area contributed by atoms with Crippen molar-refractivity contribution in [1.29, 1.82) is 5.26 Å². The molecule has 0 spiro atoms. The van der Waals surface area contributed by atoms with Crippen LogP contribution in [0.2, 0.25) is 5.02 Å². The first kappa shape index (κ1) is 15.9. The van der Waals surface area contributed by atoms with Crippen LogP contribution in [0.25, 0.3) is 0 Å². The summed E-state index contributed by atoms with van der Waals surface area (Å²) >= 11 is 6.10. The molecule has 3 rings (SSSR count). The van der Waals surface area contributed by atoms with E-state index in [-0.39, 0.29) is 5.92 Å². The molecule has 0 amide bonds.